The highest BCUT2D eigenvalue weighted by molar-refractivity contribution is 7.10. The van der Waals surface area contributed by atoms with Gasteiger partial charge in [-0.2, -0.15) is 9.36 Å². The molecule has 2 N–H and O–H groups in total. The second kappa shape index (κ2) is 6.85. The van der Waals surface area contributed by atoms with E-state index in [2.05, 4.69) is 20.0 Å². The molecule has 22 heavy (non-hydrogen) atoms. The van der Waals surface area contributed by atoms with Crippen LogP contribution in [0.4, 0.5) is 5.13 Å². The van der Waals surface area contributed by atoms with E-state index >= 15 is 0 Å². The zero-order chi connectivity index (χ0) is 15.4. The number of carbonyl (C=O) groups is 1. The Bertz CT molecular complexity index is 652. The van der Waals surface area contributed by atoms with Crippen LogP contribution >= 0.6 is 11.5 Å². The highest BCUT2D eigenvalue weighted by Crippen LogP contribution is 2.25. The number of hydrogen-bond donors (Lipinski definition) is 2. The van der Waals surface area contributed by atoms with E-state index in [1.54, 1.807) is 7.11 Å². The van der Waals surface area contributed by atoms with Crippen molar-refractivity contribution in [2.45, 2.75) is 12.8 Å². The number of piperidine rings is 1. The monoisotopic (exact) mass is 318 g/mol. The molecular formula is C15H18N4O2S. The minimum absolute atomic E-state index is 0.0369. The Balaban J connectivity index is 1.69. The van der Waals surface area contributed by atoms with E-state index < -0.39 is 0 Å². The maximum Gasteiger partial charge on any atom is 0.229 e. The van der Waals surface area contributed by atoms with Gasteiger partial charge in [0.2, 0.25) is 11.0 Å². The smallest absolute Gasteiger partial charge is 0.229 e. The lowest BCUT2D eigenvalue weighted by atomic mass is 9.97. The standard InChI is InChI=1S/C15H18N4O2S/c1-21-12-4-2-3-11(9-12)13-17-15(22-19-13)18-14(20)10-5-7-16-8-6-10/h2-4,9-10,16H,5-8H2,1H3,(H,17,18,19,20). The van der Waals surface area contributed by atoms with Crippen molar-refractivity contribution in [3.63, 3.8) is 0 Å². The molecule has 2 aromatic rings. The number of rotatable bonds is 4. The minimum Gasteiger partial charge on any atom is -0.497 e. The maximum atomic E-state index is 12.2. The molecule has 0 radical (unpaired) electrons. The predicted octanol–water partition coefficient (Wildman–Crippen LogP) is 2.15. The molecule has 3 rings (SSSR count). The Hall–Kier alpha value is -1.99. The average molecular weight is 318 g/mol. The Kier molecular flexibility index (Phi) is 4.65. The summed E-state index contributed by atoms with van der Waals surface area (Å²) < 4.78 is 9.51. The first-order valence-electron chi connectivity index (χ1n) is 7.26. The van der Waals surface area contributed by atoms with Crippen molar-refractivity contribution < 1.29 is 9.53 Å². The van der Waals surface area contributed by atoms with Crippen LogP contribution in [0.25, 0.3) is 11.4 Å². The summed E-state index contributed by atoms with van der Waals surface area (Å²) in [6.07, 6.45) is 1.74. The third-order valence-corrected chi connectivity index (χ3v) is 4.32. The lowest BCUT2D eigenvalue weighted by Crippen LogP contribution is -2.34. The molecule has 116 valence electrons. The number of anilines is 1. The molecule has 0 aliphatic carbocycles. The zero-order valence-electron chi connectivity index (χ0n) is 12.3. The van der Waals surface area contributed by atoms with Crippen LogP contribution in [0.5, 0.6) is 5.75 Å². The summed E-state index contributed by atoms with van der Waals surface area (Å²) >= 11 is 1.20. The largest absolute Gasteiger partial charge is 0.497 e. The lowest BCUT2D eigenvalue weighted by molar-refractivity contribution is -0.120. The normalized spacial score (nSPS) is 15.5. The van der Waals surface area contributed by atoms with Crippen molar-refractivity contribution in [1.29, 1.82) is 0 Å². The van der Waals surface area contributed by atoms with Crippen molar-refractivity contribution in [2.24, 2.45) is 5.92 Å². The lowest BCUT2D eigenvalue weighted by Gasteiger charge is -2.20. The van der Waals surface area contributed by atoms with Crippen LogP contribution in [-0.4, -0.2) is 35.5 Å². The summed E-state index contributed by atoms with van der Waals surface area (Å²) in [5.74, 6) is 1.46. The van der Waals surface area contributed by atoms with Gasteiger partial charge in [0, 0.05) is 23.0 Å². The van der Waals surface area contributed by atoms with Gasteiger partial charge < -0.3 is 15.4 Å². The van der Waals surface area contributed by atoms with Crippen LogP contribution in [0.1, 0.15) is 12.8 Å². The van der Waals surface area contributed by atoms with Gasteiger partial charge in [-0.3, -0.25) is 4.79 Å². The molecule has 1 saturated heterocycles. The van der Waals surface area contributed by atoms with Crippen LogP contribution in [0, 0.1) is 5.92 Å². The average Bonchev–Trinajstić information content (AvgIpc) is 3.04. The maximum absolute atomic E-state index is 12.2. The van der Waals surface area contributed by atoms with Crippen LogP contribution < -0.4 is 15.4 Å². The van der Waals surface area contributed by atoms with Crippen molar-refractivity contribution >= 4 is 22.6 Å². The number of amides is 1. The van der Waals surface area contributed by atoms with Crippen molar-refractivity contribution in [2.75, 3.05) is 25.5 Å². The Labute approximate surface area is 133 Å². The van der Waals surface area contributed by atoms with E-state index in [9.17, 15) is 4.79 Å². The number of nitrogens with one attached hydrogen (secondary N) is 2. The molecule has 1 aliphatic rings. The SMILES string of the molecule is COc1cccc(-c2nsc(NC(=O)C3CCNCC3)n2)c1. The first kappa shape index (κ1) is 14.9. The molecule has 0 atom stereocenters. The third-order valence-electron chi connectivity index (χ3n) is 3.69. The second-order valence-electron chi connectivity index (χ2n) is 5.17. The number of ether oxygens (including phenoxy) is 1. The molecular weight excluding hydrogens is 300 g/mol. The van der Waals surface area contributed by atoms with Gasteiger partial charge in [-0.05, 0) is 38.1 Å². The van der Waals surface area contributed by atoms with Crippen molar-refractivity contribution in [1.82, 2.24) is 14.7 Å². The quantitative estimate of drug-likeness (QED) is 0.903. The molecule has 1 aliphatic heterocycles. The molecule has 1 amide bonds. The molecule has 0 bridgehead atoms. The summed E-state index contributed by atoms with van der Waals surface area (Å²) in [5, 5.41) is 6.67. The summed E-state index contributed by atoms with van der Waals surface area (Å²) in [6, 6.07) is 7.56. The summed E-state index contributed by atoms with van der Waals surface area (Å²) in [7, 11) is 1.62. The number of benzene rings is 1. The minimum atomic E-state index is 0.0369. The first-order chi connectivity index (χ1) is 10.8. The topological polar surface area (TPSA) is 76.1 Å². The van der Waals surface area contributed by atoms with Crippen molar-refractivity contribution in [3.8, 4) is 17.1 Å². The Morgan fingerprint density at radius 3 is 3.00 bits per heavy atom. The van der Waals surface area contributed by atoms with E-state index in [-0.39, 0.29) is 11.8 Å². The third kappa shape index (κ3) is 3.42. The Morgan fingerprint density at radius 1 is 1.41 bits per heavy atom. The fourth-order valence-electron chi connectivity index (χ4n) is 2.45. The number of methoxy groups -OCH3 is 1. The molecule has 1 fully saturated rings. The fourth-order valence-corrected chi connectivity index (χ4v) is 3.04. The van der Waals surface area contributed by atoms with Gasteiger partial charge in [0.15, 0.2) is 5.82 Å². The van der Waals surface area contributed by atoms with Crippen LogP contribution in [0.2, 0.25) is 0 Å². The number of aromatic nitrogens is 2. The van der Waals surface area contributed by atoms with E-state index in [4.69, 9.17) is 4.74 Å². The van der Waals surface area contributed by atoms with Gasteiger partial charge in [-0.25, -0.2) is 0 Å². The van der Waals surface area contributed by atoms with E-state index in [1.165, 1.54) is 11.5 Å². The van der Waals surface area contributed by atoms with Gasteiger partial charge in [0.1, 0.15) is 5.75 Å². The molecule has 6 nitrogen and oxygen atoms in total. The van der Waals surface area contributed by atoms with Crippen LogP contribution in [0.3, 0.4) is 0 Å². The van der Waals surface area contributed by atoms with Crippen LogP contribution in [-0.2, 0) is 4.79 Å². The van der Waals surface area contributed by atoms with E-state index in [1.807, 2.05) is 24.3 Å². The van der Waals surface area contributed by atoms with Gasteiger partial charge in [0.05, 0.1) is 7.11 Å². The highest BCUT2D eigenvalue weighted by atomic mass is 32.1. The fraction of sp³-hybridized carbons (Fsp3) is 0.400. The van der Waals surface area contributed by atoms with Crippen molar-refractivity contribution in [3.05, 3.63) is 24.3 Å². The highest BCUT2D eigenvalue weighted by Gasteiger charge is 2.22. The van der Waals surface area contributed by atoms with E-state index in [0.29, 0.717) is 11.0 Å². The molecule has 0 saturated carbocycles. The number of hydrogen-bond acceptors (Lipinski definition) is 6. The molecule has 0 unspecified atom stereocenters. The second-order valence-corrected chi connectivity index (χ2v) is 5.92. The Morgan fingerprint density at radius 2 is 2.23 bits per heavy atom. The molecule has 7 heteroatoms. The first-order valence-corrected chi connectivity index (χ1v) is 8.03. The van der Waals surface area contributed by atoms with Gasteiger partial charge in [-0.15, -0.1) is 0 Å². The van der Waals surface area contributed by atoms with Gasteiger partial charge in [-0.1, -0.05) is 12.1 Å². The van der Waals surface area contributed by atoms with Gasteiger partial charge >= 0.3 is 0 Å². The summed E-state index contributed by atoms with van der Waals surface area (Å²) in [4.78, 5) is 16.6. The van der Waals surface area contributed by atoms with E-state index in [0.717, 1.165) is 37.2 Å². The molecule has 2 heterocycles. The van der Waals surface area contributed by atoms with Gasteiger partial charge in [0.25, 0.3) is 0 Å². The summed E-state index contributed by atoms with van der Waals surface area (Å²) in [5.41, 5.74) is 0.873. The molecule has 0 spiro atoms. The molecule has 1 aromatic carbocycles. The number of nitrogens with zero attached hydrogens (tertiary/aromatic N) is 2. The number of carbonyl (C=O) groups excluding carboxylic acids is 1. The summed E-state index contributed by atoms with van der Waals surface area (Å²) in [6.45, 7) is 1.78. The predicted molar refractivity (Wildman–Crippen MR) is 86.1 cm³/mol. The zero-order valence-corrected chi connectivity index (χ0v) is 13.2. The molecule has 1 aromatic heterocycles. The van der Waals surface area contributed by atoms with Crippen LogP contribution in [0.15, 0.2) is 24.3 Å².